The normalized spacial score (nSPS) is 10.4. The summed E-state index contributed by atoms with van der Waals surface area (Å²) in [5, 5.41) is 8.64. The molecule has 0 aliphatic carbocycles. The summed E-state index contributed by atoms with van der Waals surface area (Å²) in [6, 6.07) is 11.2. The number of hydrogen-bond donors (Lipinski definition) is 2. The Morgan fingerprint density at radius 3 is 2.62 bits per heavy atom. The van der Waals surface area contributed by atoms with E-state index < -0.39 is 0 Å². The molecule has 0 fully saturated rings. The Bertz CT molecular complexity index is 890. The summed E-state index contributed by atoms with van der Waals surface area (Å²) in [5.74, 6) is 0.428. The maximum atomic E-state index is 5.88. The van der Waals surface area contributed by atoms with Gasteiger partial charge in [0.2, 0.25) is 5.95 Å². The third-order valence-electron chi connectivity index (χ3n) is 3.16. The van der Waals surface area contributed by atoms with Gasteiger partial charge < -0.3 is 10.6 Å². The van der Waals surface area contributed by atoms with Crippen LogP contribution in [0.15, 0.2) is 59.0 Å². The van der Waals surface area contributed by atoms with E-state index in [2.05, 4.69) is 30.6 Å². The smallest absolute Gasteiger partial charge is 0.230 e. The molecule has 3 aromatic rings. The van der Waals surface area contributed by atoms with Gasteiger partial charge >= 0.3 is 0 Å². The summed E-state index contributed by atoms with van der Waals surface area (Å²) in [6.45, 7) is 2.47. The van der Waals surface area contributed by atoms with E-state index in [1.54, 1.807) is 18.5 Å². The lowest BCUT2D eigenvalue weighted by molar-refractivity contribution is 0.918. The molecule has 6 nitrogen and oxygen atoms in total. The molecule has 0 aliphatic rings. The first-order chi connectivity index (χ1) is 12.6. The van der Waals surface area contributed by atoms with Gasteiger partial charge in [-0.25, -0.2) is 19.9 Å². The first-order valence-electron chi connectivity index (χ1n) is 7.68. The van der Waals surface area contributed by atoms with E-state index >= 15 is 0 Å². The van der Waals surface area contributed by atoms with Gasteiger partial charge in [-0.2, -0.15) is 0 Å². The van der Waals surface area contributed by atoms with Crippen molar-refractivity contribution < 1.29 is 0 Å². The Labute approximate surface area is 165 Å². The number of nitrogens with zero attached hydrogens (tertiary/aromatic N) is 4. The quantitative estimate of drug-likeness (QED) is 0.378. The van der Waals surface area contributed by atoms with E-state index in [4.69, 9.17) is 23.8 Å². The van der Waals surface area contributed by atoms with Crippen molar-refractivity contribution in [2.45, 2.75) is 23.7 Å². The van der Waals surface area contributed by atoms with E-state index in [-0.39, 0.29) is 0 Å². The molecule has 0 spiro atoms. The van der Waals surface area contributed by atoms with Gasteiger partial charge in [-0.15, -0.1) is 0 Å². The van der Waals surface area contributed by atoms with Gasteiger partial charge in [0.25, 0.3) is 0 Å². The summed E-state index contributed by atoms with van der Waals surface area (Å²) in [5.41, 5.74) is 1.89. The molecule has 0 amide bonds. The van der Waals surface area contributed by atoms with Crippen molar-refractivity contribution in [1.82, 2.24) is 25.3 Å². The zero-order chi connectivity index (χ0) is 18.4. The van der Waals surface area contributed by atoms with Gasteiger partial charge in [-0.3, -0.25) is 0 Å². The van der Waals surface area contributed by atoms with Crippen LogP contribution in [-0.2, 0) is 6.54 Å². The van der Waals surface area contributed by atoms with Crippen LogP contribution in [0.3, 0.4) is 0 Å². The number of nitrogens with one attached hydrogen (secondary N) is 2. The molecule has 2 N–H and O–H groups in total. The molecule has 26 heavy (non-hydrogen) atoms. The third kappa shape index (κ3) is 5.62. The van der Waals surface area contributed by atoms with Gasteiger partial charge in [-0.05, 0) is 60.7 Å². The second-order valence-electron chi connectivity index (χ2n) is 5.24. The molecule has 9 heteroatoms. The molecule has 0 radical (unpaired) electrons. The molecule has 0 bridgehead atoms. The van der Waals surface area contributed by atoms with Crippen molar-refractivity contribution in [3.63, 3.8) is 0 Å². The molecule has 2 heterocycles. The zero-order valence-corrected chi connectivity index (χ0v) is 16.2. The minimum Gasteiger partial charge on any atom is -0.358 e. The van der Waals surface area contributed by atoms with Crippen molar-refractivity contribution in [2.75, 3.05) is 5.32 Å². The second-order valence-corrected chi connectivity index (χ2v) is 7.07. The molecule has 0 saturated carbocycles. The van der Waals surface area contributed by atoms with Crippen LogP contribution in [0.5, 0.6) is 0 Å². The molecule has 0 aliphatic heterocycles. The molecular formula is C17H15ClN6S2. The van der Waals surface area contributed by atoms with E-state index in [0.29, 0.717) is 27.8 Å². The molecule has 0 unspecified atom stereocenters. The summed E-state index contributed by atoms with van der Waals surface area (Å²) in [4.78, 5) is 17.2. The predicted octanol–water partition coefficient (Wildman–Crippen LogP) is 3.87. The Balaban J connectivity index is 1.61. The number of thiocarbonyl (C=S) groups is 1. The van der Waals surface area contributed by atoms with E-state index in [1.165, 1.54) is 11.8 Å². The lowest BCUT2D eigenvalue weighted by Gasteiger charge is -2.11. The van der Waals surface area contributed by atoms with Gasteiger partial charge in [0.1, 0.15) is 5.03 Å². The van der Waals surface area contributed by atoms with Crippen LogP contribution in [0, 0.1) is 6.92 Å². The first kappa shape index (κ1) is 18.5. The fraction of sp³-hybridized carbons (Fsp3) is 0.118. The van der Waals surface area contributed by atoms with Crippen molar-refractivity contribution >= 4 is 46.6 Å². The van der Waals surface area contributed by atoms with Gasteiger partial charge in [0.05, 0.1) is 0 Å². The lowest BCUT2D eigenvalue weighted by atomic mass is 10.2. The molecular weight excluding hydrogens is 388 g/mol. The fourth-order valence-corrected chi connectivity index (χ4v) is 3.08. The van der Waals surface area contributed by atoms with E-state index in [1.807, 2.05) is 37.3 Å². The monoisotopic (exact) mass is 402 g/mol. The summed E-state index contributed by atoms with van der Waals surface area (Å²) < 4.78 is 0. The van der Waals surface area contributed by atoms with Gasteiger partial charge in [0.15, 0.2) is 10.3 Å². The number of aromatic nitrogens is 4. The average molecular weight is 403 g/mol. The molecule has 1 aromatic carbocycles. The predicted molar refractivity (Wildman–Crippen MR) is 107 cm³/mol. The largest absolute Gasteiger partial charge is 0.358 e. The highest BCUT2D eigenvalue weighted by Crippen LogP contribution is 2.23. The van der Waals surface area contributed by atoms with Crippen LogP contribution >= 0.6 is 35.6 Å². The van der Waals surface area contributed by atoms with Crippen molar-refractivity contribution in [3.05, 3.63) is 65.1 Å². The Morgan fingerprint density at radius 2 is 1.88 bits per heavy atom. The topological polar surface area (TPSA) is 75.6 Å². The van der Waals surface area contributed by atoms with Crippen molar-refractivity contribution in [2.24, 2.45) is 0 Å². The molecule has 0 saturated heterocycles. The maximum absolute atomic E-state index is 5.88. The SMILES string of the molecule is Cc1cc(Sc2ncccn2)nc(NC(=S)NCc2ccc(Cl)cc2)n1. The van der Waals surface area contributed by atoms with Crippen LogP contribution in [0.2, 0.25) is 5.02 Å². The van der Waals surface area contributed by atoms with Crippen LogP contribution in [0.4, 0.5) is 5.95 Å². The minimum atomic E-state index is 0.428. The number of anilines is 1. The Morgan fingerprint density at radius 1 is 1.15 bits per heavy atom. The van der Waals surface area contributed by atoms with Crippen LogP contribution in [-0.4, -0.2) is 25.0 Å². The van der Waals surface area contributed by atoms with Crippen molar-refractivity contribution in [1.29, 1.82) is 0 Å². The Kier molecular flexibility index (Phi) is 6.32. The zero-order valence-electron chi connectivity index (χ0n) is 13.8. The Hall–Kier alpha value is -2.29. The molecule has 0 atom stereocenters. The van der Waals surface area contributed by atoms with Crippen LogP contribution in [0.25, 0.3) is 0 Å². The average Bonchev–Trinajstić information content (AvgIpc) is 2.61. The first-order valence-corrected chi connectivity index (χ1v) is 9.28. The highest BCUT2D eigenvalue weighted by atomic mass is 35.5. The summed E-state index contributed by atoms with van der Waals surface area (Å²) >= 11 is 12.6. The fourth-order valence-electron chi connectivity index (χ4n) is 2.01. The lowest BCUT2D eigenvalue weighted by Crippen LogP contribution is -2.28. The van der Waals surface area contributed by atoms with Crippen molar-refractivity contribution in [3.8, 4) is 0 Å². The van der Waals surface area contributed by atoms with Crippen LogP contribution < -0.4 is 10.6 Å². The van der Waals surface area contributed by atoms with Gasteiger partial charge in [-0.1, -0.05) is 23.7 Å². The maximum Gasteiger partial charge on any atom is 0.230 e. The number of halogens is 1. The molecule has 3 rings (SSSR count). The van der Waals surface area contributed by atoms with Gasteiger partial charge in [0, 0.05) is 29.7 Å². The number of hydrogen-bond acceptors (Lipinski definition) is 6. The number of rotatable bonds is 5. The van der Waals surface area contributed by atoms with E-state index in [9.17, 15) is 0 Å². The summed E-state index contributed by atoms with van der Waals surface area (Å²) in [6.07, 6.45) is 3.39. The number of benzene rings is 1. The highest BCUT2D eigenvalue weighted by Gasteiger charge is 2.07. The second kappa shape index (κ2) is 8.88. The minimum absolute atomic E-state index is 0.428. The molecule has 132 valence electrons. The standard InChI is InChI=1S/C17H15ClN6S2/c1-11-9-14(26-17-19-7-2-8-20-17)23-15(22-11)24-16(25)21-10-12-3-5-13(18)6-4-12/h2-9H,10H2,1H3,(H2,21,22,23,24,25). The number of aryl methyl sites for hydroxylation is 1. The summed E-state index contributed by atoms with van der Waals surface area (Å²) in [7, 11) is 0. The molecule has 2 aromatic heterocycles. The highest BCUT2D eigenvalue weighted by molar-refractivity contribution is 7.99. The third-order valence-corrected chi connectivity index (χ3v) is 4.47. The van der Waals surface area contributed by atoms with E-state index in [0.717, 1.165) is 16.3 Å². The van der Waals surface area contributed by atoms with Crippen LogP contribution in [0.1, 0.15) is 11.3 Å².